The lowest BCUT2D eigenvalue weighted by Crippen LogP contribution is -2.39. The number of para-hydroxylation sites is 4. The fourth-order valence-electron chi connectivity index (χ4n) is 7.13. The molecular weight excluding hydrogens is 541 g/mol. The molecule has 0 aliphatic carbocycles. The van der Waals surface area contributed by atoms with E-state index in [1.807, 2.05) is 24.0 Å². The highest BCUT2D eigenvalue weighted by Gasteiger charge is 2.50. The highest BCUT2D eigenvalue weighted by molar-refractivity contribution is 7.99. The van der Waals surface area contributed by atoms with Crippen LogP contribution in [0.2, 0.25) is 0 Å². The van der Waals surface area contributed by atoms with Crippen molar-refractivity contribution in [2.45, 2.75) is 15.2 Å². The van der Waals surface area contributed by atoms with Crippen LogP contribution in [0.5, 0.6) is 0 Å². The molecule has 3 heterocycles. The van der Waals surface area contributed by atoms with E-state index in [9.17, 15) is 0 Å². The summed E-state index contributed by atoms with van der Waals surface area (Å²) in [6.07, 6.45) is 2.01. The molecule has 1 spiro atoms. The molecule has 0 saturated carbocycles. The molecule has 0 bridgehead atoms. The van der Waals surface area contributed by atoms with Gasteiger partial charge >= 0.3 is 0 Å². The molecule has 0 N–H and O–H groups in total. The lowest BCUT2D eigenvalue weighted by molar-refractivity contribution is 0.692. The van der Waals surface area contributed by atoms with Crippen molar-refractivity contribution in [1.29, 1.82) is 0 Å². The van der Waals surface area contributed by atoms with Crippen molar-refractivity contribution in [3.63, 3.8) is 0 Å². The van der Waals surface area contributed by atoms with Crippen molar-refractivity contribution in [3.05, 3.63) is 180 Å². The fourth-order valence-corrected chi connectivity index (χ4v) is 8.30. The van der Waals surface area contributed by atoms with E-state index in [0.717, 1.165) is 22.2 Å². The summed E-state index contributed by atoms with van der Waals surface area (Å²) in [6, 6.07) is 55.3. The first-order valence-electron chi connectivity index (χ1n) is 14.6. The molecule has 7 aromatic rings. The van der Waals surface area contributed by atoms with Crippen LogP contribution in [0.1, 0.15) is 22.3 Å². The molecular formula is C40H26N2S. The van der Waals surface area contributed by atoms with E-state index in [1.54, 1.807) is 0 Å². The van der Waals surface area contributed by atoms with Gasteiger partial charge in [0, 0.05) is 32.6 Å². The molecule has 2 aliphatic rings. The van der Waals surface area contributed by atoms with Gasteiger partial charge in [-0.1, -0.05) is 109 Å². The number of anilines is 3. The number of nitrogens with zero attached hydrogens (tertiary/aromatic N) is 2. The summed E-state index contributed by atoms with van der Waals surface area (Å²) in [7, 11) is 0. The maximum Gasteiger partial charge on any atom is 0.0764 e. The second-order valence-corrected chi connectivity index (χ2v) is 12.3. The van der Waals surface area contributed by atoms with Gasteiger partial charge < -0.3 is 4.90 Å². The smallest absolute Gasteiger partial charge is 0.0764 e. The maximum atomic E-state index is 4.81. The van der Waals surface area contributed by atoms with Gasteiger partial charge in [-0.3, -0.25) is 4.98 Å². The highest BCUT2D eigenvalue weighted by Crippen LogP contribution is 2.63. The van der Waals surface area contributed by atoms with Crippen molar-refractivity contribution in [3.8, 4) is 11.1 Å². The molecule has 0 amide bonds. The Morgan fingerprint density at radius 2 is 1.12 bits per heavy atom. The first-order chi connectivity index (χ1) is 21.3. The largest absolute Gasteiger partial charge is 0.310 e. The normalized spacial score (nSPS) is 14.1. The Morgan fingerprint density at radius 1 is 0.488 bits per heavy atom. The predicted octanol–water partition coefficient (Wildman–Crippen LogP) is 10.5. The van der Waals surface area contributed by atoms with Gasteiger partial charge in [-0.05, 0) is 82.4 Å². The summed E-state index contributed by atoms with van der Waals surface area (Å²) < 4.78 is 0. The van der Waals surface area contributed by atoms with Crippen LogP contribution in [0, 0.1) is 0 Å². The number of hydrogen-bond acceptors (Lipinski definition) is 3. The van der Waals surface area contributed by atoms with Crippen molar-refractivity contribution < 1.29 is 0 Å². The molecule has 202 valence electrons. The number of pyridine rings is 1. The van der Waals surface area contributed by atoms with E-state index in [4.69, 9.17) is 4.98 Å². The lowest BCUT2D eigenvalue weighted by atomic mass is 9.62. The van der Waals surface area contributed by atoms with Crippen molar-refractivity contribution in [2.75, 3.05) is 4.90 Å². The average molecular weight is 567 g/mol. The number of hydrogen-bond donors (Lipinski definition) is 0. The molecule has 43 heavy (non-hydrogen) atoms. The molecule has 6 aromatic carbocycles. The van der Waals surface area contributed by atoms with Crippen LogP contribution in [-0.2, 0) is 5.41 Å². The third kappa shape index (κ3) is 3.52. The Kier molecular flexibility index (Phi) is 5.38. The minimum absolute atomic E-state index is 0.490. The summed E-state index contributed by atoms with van der Waals surface area (Å²) in [5.41, 5.74) is 11.6. The molecule has 0 fully saturated rings. The van der Waals surface area contributed by atoms with Gasteiger partial charge in [0.25, 0.3) is 0 Å². The third-order valence-electron chi connectivity index (χ3n) is 8.93. The zero-order chi connectivity index (χ0) is 28.4. The molecule has 0 radical (unpaired) electrons. The van der Waals surface area contributed by atoms with Crippen LogP contribution in [0.3, 0.4) is 0 Å². The highest BCUT2D eigenvalue weighted by atomic mass is 32.2. The number of aromatic nitrogens is 1. The molecule has 2 aliphatic heterocycles. The van der Waals surface area contributed by atoms with Gasteiger partial charge in [0.15, 0.2) is 0 Å². The van der Waals surface area contributed by atoms with E-state index < -0.39 is 5.41 Å². The Balaban J connectivity index is 1.38. The van der Waals surface area contributed by atoms with Gasteiger partial charge in [0.1, 0.15) is 0 Å². The van der Waals surface area contributed by atoms with E-state index >= 15 is 0 Å². The Bertz CT molecular complexity index is 2140. The summed E-state index contributed by atoms with van der Waals surface area (Å²) in [5, 5.41) is 1.15. The molecule has 0 unspecified atom stereocenters. The average Bonchev–Trinajstić information content (AvgIpc) is 3.08. The standard InChI is InChI=1S/C40H26N2S/c1-2-13-30(14-3-1)42-36-19-9-5-15-31(36)40(32-16-6-10-20-37(32)42)33-17-7-11-21-38(33)43-39-23-22-27(25-34(39)40)29-24-28-12-4-8-18-35(28)41-26-29/h1-26H. The van der Waals surface area contributed by atoms with Crippen molar-refractivity contribution in [2.24, 2.45) is 0 Å². The Labute approximate surface area is 255 Å². The number of rotatable bonds is 2. The monoisotopic (exact) mass is 566 g/mol. The second kappa shape index (κ2) is 9.45. The van der Waals surface area contributed by atoms with Crippen LogP contribution in [0.4, 0.5) is 17.1 Å². The Hall–Kier alpha value is -5.12. The van der Waals surface area contributed by atoms with Gasteiger partial charge in [0.05, 0.1) is 22.3 Å². The predicted molar refractivity (Wildman–Crippen MR) is 178 cm³/mol. The lowest BCUT2D eigenvalue weighted by Gasteiger charge is -2.49. The summed E-state index contributed by atoms with van der Waals surface area (Å²) in [5.74, 6) is 0. The van der Waals surface area contributed by atoms with Crippen LogP contribution in [0.15, 0.2) is 168 Å². The van der Waals surface area contributed by atoms with E-state index in [1.165, 1.54) is 49.0 Å². The third-order valence-corrected chi connectivity index (χ3v) is 10.1. The van der Waals surface area contributed by atoms with Gasteiger partial charge in [-0.15, -0.1) is 0 Å². The molecule has 2 nitrogen and oxygen atoms in total. The SMILES string of the molecule is c1ccc(N2c3ccccc3C3(c4ccccc4Sc4ccc(-c5cnc6ccccc6c5)cc43)c3ccccc32)cc1. The van der Waals surface area contributed by atoms with E-state index in [-0.39, 0.29) is 0 Å². The van der Waals surface area contributed by atoms with Gasteiger partial charge in [-0.25, -0.2) is 0 Å². The fraction of sp³-hybridized carbons (Fsp3) is 0.0250. The van der Waals surface area contributed by atoms with Crippen LogP contribution in [0.25, 0.3) is 22.0 Å². The molecule has 3 heteroatoms. The maximum absolute atomic E-state index is 4.81. The van der Waals surface area contributed by atoms with Crippen molar-refractivity contribution >= 4 is 39.7 Å². The van der Waals surface area contributed by atoms with Gasteiger partial charge in [-0.2, -0.15) is 0 Å². The van der Waals surface area contributed by atoms with Crippen molar-refractivity contribution in [1.82, 2.24) is 4.98 Å². The topological polar surface area (TPSA) is 16.1 Å². The number of benzene rings is 6. The summed E-state index contributed by atoms with van der Waals surface area (Å²) >= 11 is 1.87. The minimum atomic E-state index is -0.490. The summed E-state index contributed by atoms with van der Waals surface area (Å²) in [6.45, 7) is 0. The zero-order valence-electron chi connectivity index (χ0n) is 23.3. The molecule has 0 atom stereocenters. The minimum Gasteiger partial charge on any atom is -0.310 e. The second-order valence-electron chi connectivity index (χ2n) is 11.2. The molecule has 1 aromatic heterocycles. The molecule has 9 rings (SSSR count). The Morgan fingerprint density at radius 3 is 1.91 bits per heavy atom. The zero-order valence-corrected chi connectivity index (χ0v) is 24.1. The number of fused-ring (bicyclic) bond motifs is 9. The summed E-state index contributed by atoms with van der Waals surface area (Å²) in [4.78, 5) is 9.83. The van der Waals surface area contributed by atoms with E-state index in [0.29, 0.717) is 0 Å². The van der Waals surface area contributed by atoms with Crippen LogP contribution in [-0.4, -0.2) is 4.98 Å². The molecule has 0 saturated heterocycles. The van der Waals surface area contributed by atoms with Gasteiger partial charge in [0.2, 0.25) is 0 Å². The first kappa shape index (κ1) is 24.5. The van der Waals surface area contributed by atoms with E-state index in [2.05, 4.69) is 150 Å². The first-order valence-corrected chi connectivity index (χ1v) is 15.5. The van der Waals surface area contributed by atoms with Crippen LogP contribution >= 0.6 is 11.8 Å². The quantitative estimate of drug-likeness (QED) is 0.207. The van der Waals surface area contributed by atoms with Crippen LogP contribution < -0.4 is 4.90 Å².